The molecule has 1 aromatic carbocycles. The van der Waals surface area contributed by atoms with Crippen LogP contribution in [0.4, 0.5) is 5.69 Å². The number of nitrogens with one attached hydrogen (secondary N) is 1. The van der Waals surface area contributed by atoms with Gasteiger partial charge in [0, 0.05) is 12.1 Å². The van der Waals surface area contributed by atoms with Crippen LogP contribution in [0.25, 0.3) is 0 Å². The van der Waals surface area contributed by atoms with Gasteiger partial charge in [-0.1, -0.05) is 38.3 Å². The van der Waals surface area contributed by atoms with E-state index in [9.17, 15) is 4.79 Å². The monoisotopic (exact) mass is 245 g/mol. The van der Waals surface area contributed by atoms with Gasteiger partial charge in [-0.15, -0.1) is 0 Å². The third kappa shape index (κ3) is 3.59. The molecule has 0 aromatic heterocycles. The van der Waals surface area contributed by atoms with Crippen molar-refractivity contribution in [1.29, 1.82) is 0 Å². The first-order valence-corrected chi connectivity index (χ1v) is 7.21. The molecule has 0 unspecified atom stereocenters. The topological polar surface area (TPSA) is 29.1 Å². The molecule has 0 radical (unpaired) electrons. The van der Waals surface area contributed by atoms with Crippen molar-refractivity contribution in [3.63, 3.8) is 0 Å². The Hall–Kier alpha value is -1.31. The normalized spacial score (nSPS) is 14.8. The highest BCUT2D eigenvalue weighted by Crippen LogP contribution is 2.24. The summed E-state index contributed by atoms with van der Waals surface area (Å²) in [4.78, 5) is 11.5. The van der Waals surface area contributed by atoms with Gasteiger partial charge in [0.25, 0.3) is 0 Å². The maximum Gasteiger partial charge on any atom is 0.224 e. The zero-order chi connectivity index (χ0) is 12.8. The second kappa shape index (κ2) is 6.58. The van der Waals surface area contributed by atoms with Gasteiger partial charge in [-0.3, -0.25) is 4.79 Å². The molecule has 0 aliphatic carbocycles. The number of fused-ring (bicyclic) bond motifs is 1. The van der Waals surface area contributed by atoms with Crippen LogP contribution in [-0.2, 0) is 17.6 Å². The van der Waals surface area contributed by atoms with Crippen molar-refractivity contribution < 1.29 is 4.79 Å². The van der Waals surface area contributed by atoms with Crippen molar-refractivity contribution in [1.82, 2.24) is 0 Å². The SMILES string of the molecule is CCCCCCc1ccc2c(c1)CCCC(=O)N2. The van der Waals surface area contributed by atoms with Gasteiger partial charge in [-0.25, -0.2) is 0 Å². The molecule has 1 aromatic rings. The van der Waals surface area contributed by atoms with Gasteiger partial charge in [0.05, 0.1) is 0 Å². The van der Waals surface area contributed by atoms with Gasteiger partial charge in [0.15, 0.2) is 0 Å². The van der Waals surface area contributed by atoms with E-state index < -0.39 is 0 Å². The first-order valence-electron chi connectivity index (χ1n) is 7.21. The van der Waals surface area contributed by atoms with Crippen LogP contribution in [0.5, 0.6) is 0 Å². The maximum absolute atomic E-state index is 11.5. The summed E-state index contributed by atoms with van der Waals surface area (Å²) in [6, 6.07) is 6.52. The molecule has 1 N–H and O–H groups in total. The lowest BCUT2D eigenvalue weighted by molar-refractivity contribution is -0.116. The number of hydrogen-bond acceptors (Lipinski definition) is 1. The summed E-state index contributed by atoms with van der Waals surface area (Å²) in [5.74, 6) is 0.157. The molecule has 18 heavy (non-hydrogen) atoms. The summed E-state index contributed by atoms with van der Waals surface area (Å²) in [6.07, 6.45) is 9.04. The molecule has 1 aliphatic rings. The fourth-order valence-electron chi connectivity index (χ4n) is 2.54. The zero-order valence-electron chi connectivity index (χ0n) is 11.3. The summed E-state index contributed by atoms with van der Waals surface area (Å²) >= 11 is 0. The number of rotatable bonds is 5. The molecule has 1 amide bonds. The van der Waals surface area contributed by atoms with Crippen LogP contribution in [0.2, 0.25) is 0 Å². The Kier molecular flexibility index (Phi) is 4.80. The molecule has 1 aliphatic heterocycles. The first kappa shape index (κ1) is 13.1. The summed E-state index contributed by atoms with van der Waals surface area (Å²) in [5, 5.41) is 2.99. The van der Waals surface area contributed by atoms with Gasteiger partial charge < -0.3 is 5.32 Å². The van der Waals surface area contributed by atoms with Gasteiger partial charge in [0.2, 0.25) is 5.91 Å². The minimum absolute atomic E-state index is 0.157. The quantitative estimate of drug-likeness (QED) is 0.778. The summed E-state index contributed by atoms with van der Waals surface area (Å²) in [6.45, 7) is 2.24. The molecule has 2 rings (SSSR count). The third-order valence-electron chi connectivity index (χ3n) is 3.61. The van der Waals surface area contributed by atoms with Crippen molar-refractivity contribution in [3.8, 4) is 0 Å². The Labute approximate surface area is 110 Å². The lowest BCUT2D eigenvalue weighted by atomic mass is 10.0. The van der Waals surface area contributed by atoms with E-state index in [1.54, 1.807) is 0 Å². The highest BCUT2D eigenvalue weighted by molar-refractivity contribution is 5.92. The summed E-state index contributed by atoms with van der Waals surface area (Å²) < 4.78 is 0. The number of carbonyl (C=O) groups is 1. The highest BCUT2D eigenvalue weighted by atomic mass is 16.1. The average molecular weight is 245 g/mol. The van der Waals surface area contributed by atoms with Crippen LogP contribution in [0.15, 0.2) is 18.2 Å². The predicted molar refractivity (Wildman–Crippen MR) is 75.9 cm³/mol. The molecule has 2 nitrogen and oxygen atoms in total. The summed E-state index contributed by atoms with van der Waals surface area (Å²) in [7, 11) is 0. The van der Waals surface area contributed by atoms with E-state index in [0.717, 1.165) is 18.5 Å². The van der Waals surface area contributed by atoms with Crippen molar-refractivity contribution >= 4 is 11.6 Å². The minimum Gasteiger partial charge on any atom is -0.326 e. The Morgan fingerprint density at radius 2 is 2.06 bits per heavy atom. The molecule has 2 heteroatoms. The van der Waals surface area contributed by atoms with E-state index in [-0.39, 0.29) is 5.91 Å². The van der Waals surface area contributed by atoms with Crippen molar-refractivity contribution in [2.24, 2.45) is 0 Å². The van der Waals surface area contributed by atoms with Crippen LogP contribution in [0.3, 0.4) is 0 Å². The molecule has 0 fully saturated rings. The van der Waals surface area contributed by atoms with Gasteiger partial charge in [-0.05, 0) is 42.9 Å². The van der Waals surface area contributed by atoms with Gasteiger partial charge >= 0.3 is 0 Å². The number of anilines is 1. The van der Waals surface area contributed by atoms with Crippen molar-refractivity contribution in [2.75, 3.05) is 5.32 Å². The molecular formula is C16H23NO. The van der Waals surface area contributed by atoms with Gasteiger partial charge in [0.1, 0.15) is 0 Å². The van der Waals surface area contributed by atoms with E-state index >= 15 is 0 Å². The van der Waals surface area contributed by atoms with E-state index in [1.807, 2.05) is 0 Å². The zero-order valence-corrected chi connectivity index (χ0v) is 11.3. The number of amides is 1. The van der Waals surface area contributed by atoms with E-state index in [0.29, 0.717) is 6.42 Å². The van der Waals surface area contributed by atoms with Crippen LogP contribution < -0.4 is 5.32 Å². The lowest BCUT2D eigenvalue weighted by Crippen LogP contribution is -2.09. The Morgan fingerprint density at radius 1 is 1.17 bits per heavy atom. The Bertz CT molecular complexity index is 412. The Morgan fingerprint density at radius 3 is 2.89 bits per heavy atom. The van der Waals surface area contributed by atoms with E-state index in [1.165, 1.54) is 43.2 Å². The van der Waals surface area contributed by atoms with E-state index in [2.05, 4.69) is 30.4 Å². The molecule has 0 saturated heterocycles. The number of aryl methyl sites for hydroxylation is 2. The van der Waals surface area contributed by atoms with Crippen LogP contribution >= 0.6 is 0 Å². The summed E-state index contributed by atoms with van der Waals surface area (Å²) in [5.41, 5.74) is 3.75. The van der Waals surface area contributed by atoms with Crippen LogP contribution in [-0.4, -0.2) is 5.91 Å². The number of benzene rings is 1. The predicted octanol–water partition coefficient (Wildman–Crippen LogP) is 4.08. The molecule has 0 spiro atoms. The average Bonchev–Trinajstić information content (AvgIpc) is 2.55. The maximum atomic E-state index is 11.5. The van der Waals surface area contributed by atoms with Crippen LogP contribution in [0, 0.1) is 0 Å². The minimum atomic E-state index is 0.157. The first-order chi connectivity index (χ1) is 8.79. The van der Waals surface area contributed by atoms with Crippen molar-refractivity contribution in [2.45, 2.75) is 58.3 Å². The molecule has 0 atom stereocenters. The molecule has 0 bridgehead atoms. The Balaban J connectivity index is 1.98. The largest absolute Gasteiger partial charge is 0.326 e. The molecule has 1 heterocycles. The van der Waals surface area contributed by atoms with Crippen molar-refractivity contribution in [3.05, 3.63) is 29.3 Å². The fourth-order valence-corrected chi connectivity index (χ4v) is 2.54. The molecule has 98 valence electrons. The lowest BCUT2D eigenvalue weighted by Gasteiger charge is -2.09. The van der Waals surface area contributed by atoms with Gasteiger partial charge in [-0.2, -0.15) is 0 Å². The number of unbranched alkanes of at least 4 members (excludes halogenated alkanes) is 3. The highest BCUT2D eigenvalue weighted by Gasteiger charge is 2.12. The second-order valence-electron chi connectivity index (χ2n) is 5.20. The smallest absolute Gasteiger partial charge is 0.224 e. The van der Waals surface area contributed by atoms with Crippen LogP contribution in [0.1, 0.15) is 56.6 Å². The number of carbonyl (C=O) groups excluding carboxylic acids is 1. The standard InChI is InChI=1S/C16H23NO/c1-2-3-4-5-7-13-10-11-15-14(12-13)8-6-9-16(18)17-15/h10-12H,2-9H2,1H3,(H,17,18). The third-order valence-corrected chi connectivity index (χ3v) is 3.61. The molecular weight excluding hydrogens is 222 g/mol. The number of hydrogen-bond donors (Lipinski definition) is 1. The second-order valence-corrected chi connectivity index (χ2v) is 5.20. The van der Waals surface area contributed by atoms with E-state index in [4.69, 9.17) is 0 Å². The fraction of sp³-hybridized carbons (Fsp3) is 0.562. The molecule has 0 saturated carbocycles.